The molecule has 0 unspecified atom stereocenters. The van der Waals surface area contributed by atoms with Crippen molar-refractivity contribution >= 4 is 11.5 Å². The molecule has 1 aliphatic rings. The summed E-state index contributed by atoms with van der Waals surface area (Å²) in [4.78, 5) is 13.2. The van der Waals surface area contributed by atoms with Crippen molar-refractivity contribution in [3.63, 3.8) is 0 Å². The SMILES string of the molecule is CN(C)CC/C=C1/c2ccccc2COc2ccc(CC(=O)O)cc21.[Cl-].[H+]. The summed E-state index contributed by atoms with van der Waals surface area (Å²) >= 11 is 0. The number of fused-ring (bicyclic) bond motifs is 2. The summed E-state index contributed by atoms with van der Waals surface area (Å²) in [5.74, 6) is -0.0190. The number of hydrogen-bond acceptors (Lipinski definition) is 3. The van der Waals surface area contributed by atoms with E-state index < -0.39 is 5.97 Å². The van der Waals surface area contributed by atoms with E-state index in [-0.39, 0.29) is 20.3 Å². The van der Waals surface area contributed by atoms with Gasteiger partial charge >= 0.3 is 7.40 Å². The van der Waals surface area contributed by atoms with Crippen molar-refractivity contribution in [3.05, 3.63) is 70.8 Å². The lowest BCUT2D eigenvalue weighted by Gasteiger charge is -2.13. The van der Waals surface area contributed by atoms with E-state index in [9.17, 15) is 4.79 Å². The van der Waals surface area contributed by atoms with Crippen LogP contribution in [0.1, 0.15) is 30.1 Å². The van der Waals surface area contributed by atoms with Gasteiger partial charge in [0.25, 0.3) is 0 Å². The molecule has 3 rings (SSSR count). The zero-order chi connectivity index (χ0) is 17.8. The topological polar surface area (TPSA) is 49.8 Å². The molecule has 0 aromatic heterocycles. The normalized spacial score (nSPS) is 14.0. The number of benzene rings is 2. The Hall–Kier alpha value is -2.30. The van der Waals surface area contributed by atoms with Crippen LogP contribution in [0.2, 0.25) is 0 Å². The molecule has 2 aromatic carbocycles. The number of aliphatic carboxylic acids is 1. The number of carboxylic acids is 1. The molecule has 4 nitrogen and oxygen atoms in total. The second kappa shape index (κ2) is 8.88. The Balaban J connectivity index is 0.00000182. The maximum absolute atomic E-state index is 11.1. The third-order valence-corrected chi connectivity index (χ3v) is 4.30. The lowest BCUT2D eigenvalue weighted by molar-refractivity contribution is -0.136. The van der Waals surface area contributed by atoms with Crippen LogP contribution in [0, 0.1) is 0 Å². The Kier molecular flexibility index (Phi) is 6.83. The lowest BCUT2D eigenvalue weighted by atomic mass is 9.92. The standard InChI is InChI=1S/C21H23NO3.ClH/c1-22(2)11-5-8-18-17-7-4-3-6-16(17)14-25-20-10-9-15(12-19(18)20)13-21(23)24;/h3-4,6-10,12H,5,11,13-14H2,1-2H3,(H,23,24);1H/b18-8-;. The van der Waals surface area contributed by atoms with E-state index in [2.05, 4.69) is 37.2 Å². The average Bonchev–Trinajstić information content (AvgIpc) is 2.72. The monoisotopic (exact) mass is 373 g/mol. The van der Waals surface area contributed by atoms with Gasteiger partial charge in [-0.05, 0) is 54.9 Å². The van der Waals surface area contributed by atoms with Crippen molar-refractivity contribution in [2.24, 2.45) is 0 Å². The maximum Gasteiger partial charge on any atom is 1.00 e. The Morgan fingerprint density at radius 2 is 2.00 bits per heavy atom. The van der Waals surface area contributed by atoms with Gasteiger partial charge in [0.1, 0.15) is 12.4 Å². The van der Waals surface area contributed by atoms with Crippen molar-refractivity contribution < 1.29 is 28.5 Å². The number of hydrogen-bond donors (Lipinski definition) is 1. The highest BCUT2D eigenvalue weighted by molar-refractivity contribution is 5.85. The number of carbonyl (C=O) groups is 1. The first-order chi connectivity index (χ1) is 12.0. The fraction of sp³-hybridized carbons (Fsp3) is 0.286. The highest BCUT2D eigenvalue weighted by Gasteiger charge is 2.19. The van der Waals surface area contributed by atoms with Gasteiger partial charge in [-0.2, -0.15) is 0 Å². The largest absolute Gasteiger partial charge is 1.00 e. The van der Waals surface area contributed by atoms with Gasteiger partial charge in [0.05, 0.1) is 6.42 Å². The number of halogens is 1. The fourth-order valence-corrected chi connectivity index (χ4v) is 3.09. The minimum Gasteiger partial charge on any atom is -1.00 e. The second-order valence-electron chi connectivity index (χ2n) is 6.56. The summed E-state index contributed by atoms with van der Waals surface area (Å²) in [6.07, 6.45) is 3.16. The van der Waals surface area contributed by atoms with Crippen LogP contribution in [0.15, 0.2) is 48.5 Å². The Labute approximate surface area is 162 Å². The zero-order valence-electron chi connectivity index (χ0n) is 16.0. The molecule has 0 saturated heterocycles. The van der Waals surface area contributed by atoms with Crippen LogP contribution in [0.3, 0.4) is 0 Å². The molecule has 2 aromatic rings. The Bertz CT molecular complexity index is 821. The highest BCUT2D eigenvalue weighted by Crippen LogP contribution is 2.37. The smallest absolute Gasteiger partial charge is 1.00 e. The van der Waals surface area contributed by atoms with Gasteiger partial charge in [-0.1, -0.05) is 36.4 Å². The summed E-state index contributed by atoms with van der Waals surface area (Å²) in [5.41, 5.74) is 5.19. The molecule has 1 heterocycles. The summed E-state index contributed by atoms with van der Waals surface area (Å²) in [6, 6.07) is 13.9. The highest BCUT2D eigenvalue weighted by atomic mass is 35.5. The molecular formula is C21H24ClNO3. The molecule has 1 aliphatic heterocycles. The quantitative estimate of drug-likeness (QED) is 0.838. The van der Waals surface area contributed by atoms with E-state index in [0.717, 1.165) is 46.5 Å². The molecule has 1 N–H and O–H groups in total. The summed E-state index contributed by atoms with van der Waals surface area (Å²) in [6.45, 7) is 1.48. The molecule has 0 bridgehead atoms. The van der Waals surface area contributed by atoms with Crippen LogP contribution in [0.5, 0.6) is 5.75 Å². The van der Waals surface area contributed by atoms with Gasteiger partial charge < -0.3 is 27.2 Å². The second-order valence-corrected chi connectivity index (χ2v) is 6.56. The van der Waals surface area contributed by atoms with Crippen molar-refractivity contribution in [3.8, 4) is 5.75 Å². The summed E-state index contributed by atoms with van der Waals surface area (Å²) < 4.78 is 5.99. The van der Waals surface area contributed by atoms with Crippen LogP contribution in [-0.4, -0.2) is 36.6 Å². The van der Waals surface area contributed by atoms with E-state index >= 15 is 0 Å². The van der Waals surface area contributed by atoms with E-state index in [1.807, 2.05) is 30.3 Å². The number of nitrogens with zero attached hydrogens (tertiary/aromatic N) is 1. The van der Waals surface area contributed by atoms with E-state index in [1.54, 1.807) is 0 Å². The molecule has 26 heavy (non-hydrogen) atoms. The van der Waals surface area contributed by atoms with Crippen LogP contribution < -0.4 is 17.1 Å². The van der Waals surface area contributed by atoms with Crippen molar-refractivity contribution in [2.75, 3.05) is 20.6 Å². The number of ether oxygens (including phenoxy) is 1. The molecular weight excluding hydrogens is 350 g/mol. The van der Waals surface area contributed by atoms with Gasteiger partial charge in [-0.15, -0.1) is 0 Å². The lowest BCUT2D eigenvalue weighted by Crippen LogP contribution is -3.00. The minimum atomic E-state index is -0.826. The van der Waals surface area contributed by atoms with Crippen molar-refractivity contribution in [1.29, 1.82) is 0 Å². The molecule has 138 valence electrons. The molecule has 0 aliphatic carbocycles. The summed E-state index contributed by atoms with van der Waals surface area (Å²) in [5, 5.41) is 9.10. The molecule has 0 radical (unpaired) electrons. The van der Waals surface area contributed by atoms with Gasteiger partial charge in [-0.25, -0.2) is 0 Å². The fourth-order valence-electron chi connectivity index (χ4n) is 3.09. The van der Waals surface area contributed by atoms with E-state index in [4.69, 9.17) is 9.84 Å². The third kappa shape index (κ3) is 4.65. The first-order valence-corrected chi connectivity index (χ1v) is 8.45. The summed E-state index contributed by atoms with van der Waals surface area (Å²) in [7, 11) is 4.11. The Morgan fingerprint density at radius 3 is 2.73 bits per heavy atom. The predicted molar refractivity (Wildman–Crippen MR) is 99.9 cm³/mol. The van der Waals surface area contributed by atoms with Crippen molar-refractivity contribution in [2.45, 2.75) is 19.4 Å². The van der Waals surface area contributed by atoms with Gasteiger partial charge in [-0.3, -0.25) is 4.79 Å². The Morgan fingerprint density at radius 1 is 1.23 bits per heavy atom. The predicted octanol–water partition coefficient (Wildman–Crippen LogP) is 0.706. The van der Waals surface area contributed by atoms with Crippen molar-refractivity contribution in [1.82, 2.24) is 4.90 Å². The molecule has 5 heteroatoms. The number of rotatable bonds is 5. The first-order valence-electron chi connectivity index (χ1n) is 8.45. The third-order valence-electron chi connectivity index (χ3n) is 4.30. The van der Waals surface area contributed by atoms with Gasteiger partial charge in [0.15, 0.2) is 0 Å². The molecule has 0 atom stereocenters. The van der Waals surface area contributed by atoms with Gasteiger partial charge in [0, 0.05) is 12.1 Å². The molecule has 0 saturated carbocycles. The average molecular weight is 374 g/mol. The van der Waals surface area contributed by atoms with E-state index in [0.29, 0.717) is 6.61 Å². The molecule has 0 fully saturated rings. The molecule has 0 spiro atoms. The van der Waals surface area contributed by atoms with Gasteiger partial charge in [0.2, 0.25) is 0 Å². The maximum atomic E-state index is 11.1. The van der Waals surface area contributed by atoms with Crippen LogP contribution in [0.4, 0.5) is 0 Å². The first kappa shape index (κ1) is 20.0. The van der Waals surface area contributed by atoms with Crippen LogP contribution in [0.25, 0.3) is 5.57 Å². The minimum absolute atomic E-state index is 0. The zero-order valence-corrected chi connectivity index (χ0v) is 15.8. The van der Waals surface area contributed by atoms with Crippen LogP contribution >= 0.6 is 0 Å². The molecule has 0 amide bonds. The number of carboxylic acid groups (broad SMARTS) is 1. The van der Waals surface area contributed by atoms with Crippen LogP contribution in [-0.2, 0) is 17.8 Å². The van der Waals surface area contributed by atoms with E-state index in [1.165, 1.54) is 0 Å².